The number of hydrogen-bond donors (Lipinski definition) is 1. The Morgan fingerprint density at radius 1 is 0.889 bits per heavy atom. The maximum atomic E-state index is 13.1. The van der Waals surface area contributed by atoms with E-state index in [4.69, 9.17) is 13.9 Å². The summed E-state index contributed by atoms with van der Waals surface area (Å²) < 4.78 is 16.2. The number of anilines is 1. The van der Waals surface area contributed by atoms with Gasteiger partial charge in [0.2, 0.25) is 11.8 Å². The van der Waals surface area contributed by atoms with Crippen LogP contribution in [0.3, 0.4) is 0 Å². The predicted octanol–water partition coefficient (Wildman–Crippen LogP) is 4.26. The van der Waals surface area contributed by atoms with Gasteiger partial charge in [-0.3, -0.25) is 14.4 Å². The molecular formula is C26H19N3O6S. The second kappa shape index (κ2) is 9.67. The minimum absolute atomic E-state index is 0.0501. The van der Waals surface area contributed by atoms with Gasteiger partial charge < -0.3 is 19.2 Å². The van der Waals surface area contributed by atoms with Crippen molar-refractivity contribution in [3.63, 3.8) is 0 Å². The molecule has 1 aromatic heterocycles. The molecule has 10 heteroatoms. The molecule has 1 N–H and O–H groups in total. The fourth-order valence-electron chi connectivity index (χ4n) is 3.88. The summed E-state index contributed by atoms with van der Waals surface area (Å²) in [5, 5.41) is 10.9. The Hall–Kier alpha value is -4.44. The van der Waals surface area contributed by atoms with Crippen molar-refractivity contribution in [2.24, 2.45) is 0 Å². The smallest absolute Gasteiger partial charge is 0.277 e. The van der Waals surface area contributed by atoms with E-state index in [1.165, 1.54) is 0 Å². The third-order valence-electron chi connectivity index (χ3n) is 5.56. The van der Waals surface area contributed by atoms with Gasteiger partial charge in [-0.25, -0.2) is 0 Å². The molecule has 0 fully saturated rings. The first kappa shape index (κ1) is 23.3. The predicted molar refractivity (Wildman–Crippen MR) is 132 cm³/mol. The molecule has 1 aliphatic rings. The van der Waals surface area contributed by atoms with Gasteiger partial charge in [-0.15, -0.1) is 10.2 Å². The molecule has 0 bridgehead atoms. The summed E-state index contributed by atoms with van der Waals surface area (Å²) in [5.41, 5.74) is 2.01. The monoisotopic (exact) mass is 501 g/mol. The highest BCUT2D eigenvalue weighted by molar-refractivity contribution is 7.99. The molecule has 5 rings (SSSR count). The summed E-state index contributed by atoms with van der Waals surface area (Å²) in [5.74, 6) is 0.379. The van der Waals surface area contributed by atoms with Gasteiger partial charge in [-0.2, -0.15) is 0 Å². The summed E-state index contributed by atoms with van der Waals surface area (Å²) in [4.78, 5) is 38.7. The molecule has 1 heterocycles. The van der Waals surface area contributed by atoms with Crippen LogP contribution in [-0.2, 0) is 4.79 Å². The van der Waals surface area contributed by atoms with Gasteiger partial charge in [0, 0.05) is 28.3 Å². The molecule has 36 heavy (non-hydrogen) atoms. The summed E-state index contributed by atoms with van der Waals surface area (Å²) in [6.07, 6.45) is 0. The average molecular weight is 502 g/mol. The van der Waals surface area contributed by atoms with Crippen LogP contribution in [0.4, 0.5) is 5.69 Å². The van der Waals surface area contributed by atoms with Crippen molar-refractivity contribution in [2.75, 3.05) is 25.3 Å². The molecule has 0 aliphatic heterocycles. The highest BCUT2D eigenvalue weighted by Gasteiger charge is 2.31. The van der Waals surface area contributed by atoms with E-state index < -0.39 is 5.91 Å². The summed E-state index contributed by atoms with van der Waals surface area (Å²) in [6, 6.07) is 16.6. The molecule has 1 aliphatic carbocycles. The second-order valence-electron chi connectivity index (χ2n) is 7.74. The van der Waals surface area contributed by atoms with Crippen LogP contribution in [0.1, 0.15) is 31.8 Å². The van der Waals surface area contributed by atoms with E-state index in [1.807, 2.05) is 0 Å². The zero-order valence-electron chi connectivity index (χ0n) is 19.2. The topological polar surface area (TPSA) is 121 Å². The maximum absolute atomic E-state index is 13.1. The standard InChI is InChI=1S/C26H19N3O6S/c1-33-15-10-14(11-16(12-15)34-2)25-28-29-26(35-25)36-13-21(30)27-20-9-5-8-19-22(20)24(32)18-7-4-3-6-17(18)23(19)31/h3-12H,13H2,1-2H3,(H,27,30). The number of rotatable bonds is 7. The number of aromatic nitrogens is 2. The van der Waals surface area contributed by atoms with Crippen LogP contribution in [0.5, 0.6) is 11.5 Å². The van der Waals surface area contributed by atoms with E-state index >= 15 is 0 Å². The molecule has 180 valence electrons. The lowest BCUT2D eigenvalue weighted by Crippen LogP contribution is -2.24. The first-order valence-electron chi connectivity index (χ1n) is 10.8. The van der Waals surface area contributed by atoms with Crippen LogP contribution in [0.15, 0.2) is 70.3 Å². The van der Waals surface area contributed by atoms with Gasteiger partial charge in [0.25, 0.3) is 5.22 Å². The molecule has 4 aromatic rings. The lowest BCUT2D eigenvalue weighted by atomic mass is 9.83. The number of thioether (sulfide) groups is 1. The van der Waals surface area contributed by atoms with Crippen molar-refractivity contribution < 1.29 is 28.3 Å². The van der Waals surface area contributed by atoms with Crippen molar-refractivity contribution in [2.45, 2.75) is 5.22 Å². The van der Waals surface area contributed by atoms with Crippen LogP contribution in [0.2, 0.25) is 0 Å². The number of hydrogen-bond acceptors (Lipinski definition) is 9. The highest BCUT2D eigenvalue weighted by Crippen LogP contribution is 2.33. The molecule has 1 amide bonds. The van der Waals surface area contributed by atoms with Gasteiger partial charge in [0.1, 0.15) is 11.5 Å². The number of ether oxygens (including phenoxy) is 2. The Morgan fingerprint density at radius 3 is 2.25 bits per heavy atom. The molecule has 0 saturated carbocycles. The Bertz CT molecular complexity index is 1490. The molecular weight excluding hydrogens is 482 g/mol. The van der Waals surface area contributed by atoms with E-state index in [2.05, 4.69) is 15.5 Å². The number of amides is 1. The first-order valence-corrected chi connectivity index (χ1v) is 11.8. The van der Waals surface area contributed by atoms with Crippen LogP contribution >= 0.6 is 11.8 Å². The number of methoxy groups -OCH3 is 2. The Kier molecular flexibility index (Phi) is 6.26. The third-order valence-corrected chi connectivity index (χ3v) is 6.38. The molecule has 0 radical (unpaired) electrons. The van der Waals surface area contributed by atoms with E-state index in [-0.39, 0.29) is 45.2 Å². The van der Waals surface area contributed by atoms with Crippen LogP contribution in [-0.4, -0.2) is 47.6 Å². The third kappa shape index (κ3) is 4.34. The molecule has 0 spiro atoms. The van der Waals surface area contributed by atoms with Gasteiger partial charge in [0.05, 0.1) is 31.2 Å². The van der Waals surface area contributed by atoms with Gasteiger partial charge in [-0.1, -0.05) is 48.2 Å². The van der Waals surface area contributed by atoms with E-state index in [9.17, 15) is 14.4 Å². The lowest BCUT2D eigenvalue weighted by molar-refractivity contribution is -0.113. The molecule has 3 aromatic carbocycles. The molecule has 0 unspecified atom stereocenters. The van der Waals surface area contributed by atoms with Gasteiger partial charge >= 0.3 is 0 Å². The fraction of sp³-hybridized carbons (Fsp3) is 0.115. The van der Waals surface area contributed by atoms with Crippen molar-refractivity contribution in [1.29, 1.82) is 0 Å². The lowest BCUT2D eigenvalue weighted by Gasteiger charge is -2.20. The quantitative estimate of drug-likeness (QED) is 0.326. The number of ketones is 2. The second-order valence-corrected chi connectivity index (χ2v) is 8.67. The van der Waals surface area contributed by atoms with Crippen molar-refractivity contribution in [3.8, 4) is 23.0 Å². The number of nitrogens with one attached hydrogen (secondary N) is 1. The van der Waals surface area contributed by atoms with Crippen LogP contribution in [0, 0.1) is 0 Å². The number of nitrogens with zero attached hydrogens (tertiary/aromatic N) is 2. The minimum atomic E-state index is -0.393. The van der Waals surface area contributed by atoms with Crippen molar-refractivity contribution >= 4 is 34.9 Å². The van der Waals surface area contributed by atoms with E-state index in [1.54, 1.807) is 74.9 Å². The summed E-state index contributed by atoms with van der Waals surface area (Å²) in [7, 11) is 3.08. The van der Waals surface area contributed by atoms with E-state index in [0.717, 1.165) is 11.8 Å². The van der Waals surface area contributed by atoms with Crippen LogP contribution in [0.25, 0.3) is 11.5 Å². The van der Waals surface area contributed by atoms with Crippen molar-refractivity contribution in [3.05, 3.63) is 82.9 Å². The van der Waals surface area contributed by atoms with Gasteiger partial charge in [-0.05, 0) is 18.2 Å². The summed E-state index contributed by atoms with van der Waals surface area (Å²) >= 11 is 1.04. The zero-order chi connectivity index (χ0) is 25.2. The highest BCUT2D eigenvalue weighted by atomic mass is 32.2. The minimum Gasteiger partial charge on any atom is -0.497 e. The molecule has 0 saturated heterocycles. The Labute approximate surface area is 209 Å². The molecule has 0 atom stereocenters. The molecule has 9 nitrogen and oxygen atoms in total. The number of benzene rings is 3. The summed E-state index contributed by atoms with van der Waals surface area (Å²) in [6.45, 7) is 0. The Balaban J connectivity index is 1.30. The zero-order valence-corrected chi connectivity index (χ0v) is 20.0. The number of fused-ring (bicyclic) bond motifs is 2. The average Bonchev–Trinajstić information content (AvgIpc) is 3.39. The van der Waals surface area contributed by atoms with Gasteiger partial charge in [0.15, 0.2) is 11.6 Å². The largest absolute Gasteiger partial charge is 0.497 e. The fourth-order valence-corrected chi connectivity index (χ4v) is 4.44. The van der Waals surface area contributed by atoms with Crippen LogP contribution < -0.4 is 14.8 Å². The van der Waals surface area contributed by atoms with E-state index in [0.29, 0.717) is 28.2 Å². The number of carbonyl (C=O) groups excluding carboxylic acids is 3. The maximum Gasteiger partial charge on any atom is 0.277 e. The number of carbonyl (C=O) groups is 3. The normalized spacial score (nSPS) is 12.1. The van der Waals surface area contributed by atoms with Crippen molar-refractivity contribution in [1.82, 2.24) is 10.2 Å². The SMILES string of the molecule is COc1cc(OC)cc(-c2nnc(SCC(=O)Nc3cccc4c3C(=O)c3ccccc3C4=O)o2)c1. The Morgan fingerprint density at radius 2 is 1.56 bits per heavy atom. The first-order chi connectivity index (χ1) is 17.5.